The number of aromatic nitrogens is 1. The molecule has 1 heterocycles. The number of benzene rings is 1. The number of fused-ring (bicyclic) bond motifs is 1. The molecule has 1 aromatic heterocycles. The Bertz CT molecular complexity index is 629. The first kappa shape index (κ1) is 14.4. The lowest BCUT2D eigenvalue weighted by Gasteiger charge is -2.08. The maximum atomic E-state index is 13.2. The molecule has 1 N–H and O–H groups in total. The quantitative estimate of drug-likeness (QED) is 0.853. The first-order chi connectivity index (χ1) is 9.61. The summed E-state index contributed by atoms with van der Waals surface area (Å²) in [6.07, 6.45) is 0.747. The van der Waals surface area contributed by atoms with Crippen molar-refractivity contribution in [3.05, 3.63) is 41.3 Å². The molecule has 106 valence electrons. The summed E-state index contributed by atoms with van der Waals surface area (Å²) in [6.45, 7) is 2.90. The molecule has 0 fully saturated rings. The highest BCUT2D eigenvalue weighted by Gasteiger charge is 2.11. The molecule has 0 bridgehead atoms. The van der Waals surface area contributed by atoms with Crippen molar-refractivity contribution < 1.29 is 13.9 Å². The highest BCUT2D eigenvalue weighted by molar-refractivity contribution is 5.98. The summed E-state index contributed by atoms with van der Waals surface area (Å²) in [7, 11) is 1.62. The summed E-state index contributed by atoms with van der Waals surface area (Å²) in [5.74, 6) is -0.535. The topological polar surface area (TPSA) is 51.2 Å². The Morgan fingerprint density at radius 2 is 2.20 bits per heavy atom. The van der Waals surface area contributed by atoms with E-state index in [0.29, 0.717) is 35.3 Å². The van der Waals surface area contributed by atoms with Crippen LogP contribution in [0.5, 0.6) is 0 Å². The van der Waals surface area contributed by atoms with E-state index in [2.05, 4.69) is 10.3 Å². The predicted octanol–water partition coefficient (Wildman–Crippen LogP) is 2.45. The second-order valence-electron chi connectivity index (χ2n) is 4.56. The number of nitrogens with zero attached hydrogens (tertiary/aromatic N) is 1. The van der Waals surface area contributed by atoms with Crippen LogP contribution >= 0.6 is 0 Å². The molecule has 0 radical (unpaired) electrons. The van der Waals surface area contributed by atoms with Gasteiger partial charge in [0, 0.05) is 25.6 Å². The normalized spacial score (nSPS) is 10.8. The average molecular weight is 276 g/mol. The molecule has 0 aliphatic rings. The number of halogens is 1. The van der Waals surface area contributed by atoms with Crippen molar-refractivity contribution in [1.82, 2.24) is 10.3 Å². The van der Waals surface area contributed by atoms with Crippen molar-refractivity contribution >= 4 is 16.8 Å². The van der Waals surface area contributed by atoms with E-state index in [1.54, 1.807) is 26.2 Å². The maximum Gasteiger partial charge on any atom is 0.253 e. The van der Waals surface area contributed by atoms with Crippen LogP contribution in [-0.4, -0.2) is 31.2 Å². The lowest BCUT2D eigenvalue weighted by atomic mass is 10.1. The van der Waals surface area contributed by atoms with Gasteiger partial charge in [0.1, 0.15) is 5.82 Å². The number of nitrogens with one attached hydrogen (secondary N) is 1. The molecule has 0 unspecified atom stereocenters. The van der Waals surface area contributed by atoms with Gasteiger partial charge in [0.25, 0.3) is 5.91 Å². The largest absolute Gasteiger partial charge is 0.385 e. The van der Waals surface area contributed by atoms with E-state index >= 15 is 0 Å². The molecule has 1 amide bonds. The number of rotatable bonds is 5. The highest BCUT2D eigenvalue weighted by Crippen LogP contribution is 2.17. The lowest BCUT2D eigenvalue weighted by molar-refractivity contribution is 0.0947. The van der Waals surface area contributed by atoms with Gasteiger partial charge in [0.05, 0.1) is 16.8 Å². The number of ether oxygens (including phenoxy) is 1. The van der Waals surface area contributed by atoms with Crippen molar-refractivity contribution in [2.45, 2.75) is 13.3 Å². The fourth-order valence-electron chi connectivity index (χ4n) is 1.99. The van der Waals surface area contributed by atoms with E-state index in [1.807, 2.05) is 0 Å². The molecule has 4 nitrogen and oxygen atoms in total. The molecule has 0 aliphatic heterocycles. The van der Waals surface area contributed by atoms with Gasteiger partial charge in [0.2, 0.25) is 0 Å². The minimum Gasteiger partial charge on any atom is -0.385 e. The number of aryl methyl sites for hydroxylation is 1. The first-order valence-electron chi connectivity index (χ1n) is 6.46. The third-order valence-corrected chi connectivity index (χ3v) is 3.02. The molecule has 20 heavy (non-hydrogen) atoms. The number of amides is 1. The molecule has 0 aliphatic carbocycles. The third kappa shape index (κ3) is 3.30. The van der Waals surface area contributed by atoms with E-state index in [0.717, 1.165) is 6.42 Å². The maximum absolute atomic E-state index is 13.2. The Labute approximate surface area is 117 Å². The molecular weight excluding hydrogens is 259 g/mol. The van der Waals surface area contributed by atoms with Crippen molar-refractivity contribution in [3.63, 3.8) is 0 Å². The SMILES string of the molecule is COCCCNC(=O)c1cc2cc(F)ccc2nc1C. The zero-order valence-electron chi connectivity index (χ0n) is 11.6. The summed E-state index contributed by atoms with van der Waals surface area (Å²) < 4.78 is 18.1. The van der Waals surface area contributed by atoms with Gasteiger partial charge in [-0.2, -0.15) is 0 Å². The molecule has 0 saturated carbocycles. The van der Waals surface area contributed by atoms with Gasteiger partial charge in [-0.25, -0.2) is 4.39 Å². The summed E-state index contributed by atoms with van der Waals surface area (Å²) in [5.41, 5.74) is 1.79. The van der Waals surface area contributed by atoms with Crippen LogP contribution in [0, 0.1) is 12.7 Å². The predicted molar refractivity (Wildman–Crippen MR) is 75.3 cm³/mol. The number of methoxy groups -OCH3 is 1. The number of hydrogen-bond acceptors (Lipinski definition) is 3. The Hall–Kier alpha value is -2.01. The van der Waals surface area contributed by atoms with E-state index < -0.39 is 0 Å². The van der Waals surface area contributed by atoms with Gasteiger partial charge in [-0.05, 0) is 37.6 Å². The average Bonchev–Trinajstić information content (AvgIpc) is 2.43. The first-order valence-corrected chi connectivity index (χ1v) is 6.46. The number of pyridine rings is 1. The van der Waals surface area contributed by atoms with Crippen LogP contribution in [-0.2, 0) is 4.74 Å². The van der Waals surface area contributed by atoms with Crippen molar-refractivity contribution in [2.24, 2.45) is 0 Å². The fourth-order valence-corrected chi connectivity index (χ4v) is 1.99. The van der Waals surface area contributed by atoms with Gasteiger partial charge in [-0.3, -0.25) is 9.78 Å². The van der Waals surface area contributed by atoms with E-state index in [-0.39, 0.29) is 11.7 Å². The van der Waals surface area contributed by atoms with E-state index in [9.17, 15) is 9.18 Å². The van der Waals surface area contributed by atoms with Gasteiger partial charge >= 0.3 is 0 Å². The Balaban J connectivity index is 2.20. The van der Waals surface area contributed by atoms with Gasteiger partial charge in [0.15, 0.2) is 0 Å². The minimum atomic E-state index is -0.338. The molecule has 5 heteroatoms. The molecular formula is C15H17FN2O2. The molecule has 1 aromatic carbocycles. The second-order valence-corrected chi connectivity index (χ2v) is 4.56. The molecule has 2 aromatic rings. The molecule has 0 spiro atoms. The van der Waals surface area contributed by atoms with Crippen LogP contribution in [0.1, 0.15) is 22.5 Å². The monoisotopic (exact) mass is 276 g/mol. The van der Waals surface area contributed by atoms with Crippen molar-refractivity contribution in [2.75, 3.05) is 20.3 Å². The summed E-state index contributed by atoms with van der Waals surface area (Å²) in [4.78, 5) is 16.4. The van der Waals surface area contributed by atoms with Crippen LogP contribution in [0.3, 0.4) is 0 Å². The van der Waals surface area contributed by atoms with Gasteiger partial charge < -0.3 is 10.1 Å². The van der Waals surface area contributed by atoms with E-state index in [4.69, 9.17) is 4.74 Å². The Kier molecular flexibility index (Phi) is 4.63. The van der Waals surface area contributed by atoms with Crippen LogP contribution in [0.4, 0.5) is 4.39 Å². The van der Waals surface area contributed by atoms with Crippen molar-refractivity contribution in [3.8, 4) is 0 Å². The molecule has 0 atom stereocenters. The molecule has 2 rings (SSSR count). The standard InChI is InChI=1S/C15H17FN2O2/c1-10-13(15(19)17-6-3-7-20-2)9-11-8-12(16)4-5-14(11)18-10/h4-5,8-9H,3,6-7H2,1-2H3,(H,17,19). The van der Waals surface area contributed by atoms with Crippen LogP contribution in [0.2, 0.25) is 0 Å². The highest BCUT2D eigenvalue weighted by atomic mass is 19.1. The van der Waals surface area contributed by atoms with Gasteiger partial charge in [-0.15, -0.1) is 0 Å². The number of carbonyl (C=O) groups excluding carboxylic acids is 1. The Morgan fingerprint density at radius 3 is 2.95 bits per heavy atom. The zero-order chi connectivity index (χ0) is 14.5. The summed E-state index contributed by atoms with van der Waals surface area (Å²) >= 11 is 0. The van der Waals surface area contributed by atoms with Crippen molar-refractivity contribution in [1.29, 1.82) is 0 Å². The lowest BCUT2D eigenvalue weighted by Crippen LogP contribution is -2.26. The number of hydrogen-bond donors (Lipinski definition) is 1. The fraction of sp³-hybridized carbons (Fsp3) is 0.333. The minimum absolute atomic E-state index is 0.197. The van der Waals surface area contributed by atoms with Crippen LogP contribution in [0.25, 0.3) is 10.9 Å². The smallest absolute Gasteiger partial charge is 0.253 e. The van der Waals surface area contributed by atoms with Crippen LogP contribution in [0.15, 0.2) is 24.3 Å². The zero-order valence-corrected chi connectivity index (χ0v) is 11.6. The van der Waals surface area contributed by atoms with E-state index in [1.165, 1.54) is 12.1 Å². The Morgan fingerprint density at radius 1 is 1.40 bits per heavy atom. The van der Waals surface area contributed by atoms with Crippen LogP contribution < -0.4 is 5.32 Å². The summed E-state index contributed by atoms with van der Waals surface area (Å²) in [5, 5.41) is 3.42. The molecule has 0 saturated heterocycles. The third-order valence-electron chi connectivity index (χ3n) is 3.02. The summed E-state index contributed by atoms with van der Waals surface area (Å²) in [6, 6.07) is 6.02. The number of carbonyl (C=O) groups is 1. The second kappa shape index (κ2) is 6.43. The van der Waals surface area contributed by atoms with Gasteiger partial charge in [-0.1, -0.05) is 0 Å².